The summed E-state index contributed by atoms with van der Waals surface area (Å²) in [5, 5.41) is 5.92. The van der Waals surface area contributed by atoms with Crippen LogP contribution < -0.4 is 10.7 Å². The first-order chi connectivity index (χ1) is 11.7. The van der Waals surface area contributed by atoms with Crippen LogP contribution in [0.15, 0.2) is 69.4 Å². The molecule has 4 nitrogen and oxygen atoms in total. The van der Waals surface area contributed by atoms with E-state index in [0.29, 0.717) is 16.0 Å². The van der Waals surface area contributed by atoms with Crippen molar-refractivity contribution >= 4 is 43.7 Å². The van der Waals surface area contributed by atoms with Crippen molar-refractivity contribution in [1.82, 2.24) is 0 Å². The molecule has 0 bridgehead atoms. The van der Waals surface area contributed by atoms with Gasteiger partial charge in [0.15, 0.2) is 11.2 Å². The maximum atomic E-state index is 13.0. The van der Waals surface area contributed by atoms with Crippen molar-refractivity contribution in [2.75, 3.05) is 5.32 Å². The van der Waals surface area contributed by atoms with Gasteiger partial charge in [0, 0.05) is 15.0 Å². The zero-order valence-corrected chi connectivity index (χ0v) is 13.9. The van der Waals surface area contributed by atoms with Crippen molar-refractivity contribution in [2.24, 2.45) is 0 Å². The van der Waals surface area contributed by atoms with Crippen LogP contribution in [0, 0.1) is 0 Å². The number of hydrogen-bond acceptors (Lipinski definition) is 5. The fourth-order valence-electron chi connectivity index (χ4n) is 2.45. The topological polar surface area (TPSA) is 59.3 Å². The van der Waals surface area contributed by atoms with Crippen LogP contribution in [0.1, 0.15) is 10.6 Å². The summed E-state index contributed by atoms with van der Waals surface area (Å²) in [5.41, 5.74) is 0.440. The molecule has 0 fully saturated rings. The number of rotatable bonds is 3. The van der Waals surface area contributed by atoms with E-state index in [9.17, 15) is 9.59 Å². The van der Waals surface area contributed by atoms with Gasteiger partial charge < -0.3 is 9.73 Å². The largest absolute Gasteiger partial charge is 0.459 e. The molecule has 4 rings (SSSR count). The second kappa shape index (κ2) is 6.07. The number of carbonyl (C=O) groups excluding carboxylic acids is 1. The highest BCUT2D eigenvalue weighted by atomic mass is 32.1. The Kier molecular flexibility index (Phi) is 3.76. The Morgan fingerprint density at radius 1 is 1.04 bits per heavy atom. The second-order valence-corrected chi connectivity index (χ2v) is 7.04. The predicted molar refractivity (Wildman–Crippen MR) is 98.1 cm³/mol. The Labute approximate surface area is 145 Å². The lowest BCUT2D eigenvalue weighted by atomic mass is 10.1. The molecule has 1 N–H and O–H groups in total. The smallest absolute Gasteiger partial charge is 0.291 e. The number of amides is 1. The lowest BCUT2D eigenvalue weighted by Gasteiger charge is -2.09. The van der Waals surface area contributed by atoms with Crippen LogP contribution in [0.2, 0.25) is 0 Å². The van der Waals surface area contributed by atoms with E-state index in [0.717, 1.165) is 9.58 Å². The van der Waals surface area contributed by atoms with Crippen LogP contribution in [0.3, 0.4) is 0 Å². The van der Waals surface area contributed by atoms with Gasteiger partial charge in [0.1, 0.15) is 5.00 Å². The van der Waals surface area contributed by atoms with Crippen molar-refractivity contribution in [1.29, 1.82) is 0 Å². The molecule has 24 heavy (non-hydrogen) atoms. The number of thiophene rings is 1. The molecule has 118 valence electrons. The fraction of sp³-hybridized carbons (Fsp3) is 0. The predicted octanol–water partition coefficient (Wildman–Crippen LogP) is 4.84. The Morgan fingerprint density at radius 3 is 2.67 bits per heavy atom. The van der Waals surface area contributed by atoms with E-state index >= 15 is 0 Å². The molecule has 0 radical (unpaired) electrons. The van der Waals surface area contributed by atoms with Gasteiger partial charge in [-0.1, -0.05) is 18.2 Å². The Balaban J connectivity index is 1.91. The molecule has 3 aromatic heterocycles. The monoisotopic (exact) mass is 353 g/mol. The van der Waals surface area contributed by atoms with E-state index < -0.39 is 0 Å². The third-order valence-electron chi connectivity index (χ3n) is 3.54. The maximum absolute atomic E-state index is 13.0. The summed E-state index contributed by atoms with van der Waals surface area (Å²) in [4.78, 5) is 26.1. The number of benzene rings is 1. The third-order valence-corrected chi connectivity index (χ3v) is 5.51. The van der Waals surface area contributed by atoms with Crippen molar-refractivity contribution in [2.45, 2.75) is 0 Å². The average Bonchev–Trinajstić information content (AvgIpc) is 3.29. The third kappa shape index (κ3) is 2.55. The van der Waals surface area contributed by atoms with Crippen molar-refractivity contribution in [3.05, 3.63) is 76.2 Å². The Bertz CT molecular complexity index is 1060. The zero-order chi connectivity index (χ0) is 16.5. The van der Waals surface area contributed by atoms with Gasteiger partial charge in [0.25, 0.3) is 5.91 Å². The highest BCUT2D eigenvalue weighted by Crippen LogP contribution is 2.35. The summed E-state index contributed by atoms with van der Waals surface area (Å²) in [5.74, 6) is -0.163. The lowest BCUT2D eigenvalue weighted by molar-refractivity contribution is 0.0997. The summed E-state index contributed by atoms with van der Waals surface area (Å²) in [6, 6.07) is 14.4. The molecule has 1 amide bonds. The van der Waals surface area contributed by atoms with Crippen molar-refractivity contribution in [3.8, 4) is 10.4 Å². The number of hydrogen-bond donors (Lipinski definition) is 1. The molecule has 3 heterocycles. The highest BCUT2D eigenvalue weighted by Gasteiger charge is 2.18. The maximum Gasteiger partial charge on any atom is 0.291 e. The molecule has 6 heteroatoms. The molecule has 0 atom stereocenters. The van der Waals surface area contributed by atoms with E-state index in [-0.39, 0.29) is 17.1 Å². The number of nitrogens with one attached hydrogen (secondary N) is 1. The molecular formula is C18H11NO3S2. The number of furan rings is 1. The van der Waals surface area contributed by atoms with Gasteiger partial charge in [-0.15, -0.1) is 22.7 Å². The van der Waals surface area contributed by atoms with E-state index in [1.807, 2.05) is 41.8 Å². The van der Waals surface area contributed by atoms with Gasteiger partial charge in [-0.05, 0) is 35.7 Å². The first-order valence-electron chi connectivity index (χ1n) is 7.18. The molecule has 1 aromatic carbocycles. The first kappa shape index (κ1) is 14.9. The Morgan fingerprint density at radius 2 is 1.92 bits per heavy atom. The van der Waals surface area contributed by atoms with Crippen molar-refractivity contribution < 1.29 is 9.21 Å². The molecule has 4 aromatic rings. The second-order valence-electron chi connectivity index (χ2n) is 5.04. The Hall–Kier alpha value is -2.70. The van der Waals surface area contributed by atoms with E-state index in [4.69, 9.17) is 4.42 Å². The zero-order valence-electron chi connectivity index (χ0n) is 12.3. The quantitative estimate of drug-likeness (QED) is 0.573. The molecule has 0 saturated carbocycles. The molecule has 0 saturated heterocycles. The van der Waals surface area contributed by atoms with E-state index in [1.54, 1.807) is 12.1 Å². The molecule has 0 unspecified atom stereocenters. The van der Waals surface area contributed by atoms with Crippen LogP contribution in [-0.4, -0.2) is 5.91 Å². The molecule has 0 aliphatic heterocycles. The van der Waals surface area contributed by atoms with Crippen LogP contribution in [0.5, 0.6) is 0 Å². The van der Waals surface area contributed by atoms with E-state index in [1.165, 1.54) is 28.9 Å². The number of carbonyl (C=O) groups is 1. The summed E-state index contributed by atoms with van der Waals surface area (Å²) >= 11 is 2.85. The molecule has 0 spiro atoms. The van der Waals surface area contributed by atoms with Crippen molar-refractivity contribution in [3.63, 3.8) is 0 Å². The summed E-state index contributed by atoms with van der Waals surface area (Å²) in [6.07, 6.45) is 1.44. The summed E-state index contributed by atoms with van der Waals surface area (Å²) in [7, 11) is 0. The van der Waals surface area contributed by atoms with Gasteiger partial charge >= 0.3 is 0 Å². The van der Waals surface area contributed by atoms with E-state index in [2.05, 4.69) is 5.32 Å². The lowest BCUT2D eigenvalue weighted by Crippen LogP contribution is -2.14. The van der Waals surface area contributed by atoms with Gasteiger partial charge in [-0.25, -0.2) is 0 Å². The van der Waals surface area contributed by atoms with Crippen LogP contribution in [0.25, 0.3) is 20.5 Å². The van der Waals surface area contributed by atoms with Crippen LogP contribution >= 0.6 is 22.7 Å². The molecule has 0 aliphatic carbocycles. The minimum absolute atomic E-state index is 0.0819. The minimum Gasteiger partial charge on any atom is -0.459 e. The minimum atomic E-state index is -0.372. The normalized spacial score (nSPS) is 10.8. The van der Waals surface area contributed by atoms with Gasteiger partial charge in [0.2, 0.25) is 0 Å². The van der Waals surface area contributed by atoms with Crippen LogP contribution in [0.4, 0.5) is 5.00 Å². The highest BCUT2D eigenvalue weighted by molar-refractivity contribution is 7.23. The average molecular weight is 353 g/mol. The molecular weight excluding hydrogens is 342 g/mol. The first-order valence-corrected chi connectivity index (χ1v) is 8.88. The van der Waals surface area contributed by atoms with Crippen LogP contribution in [-0.2, 0) is 0 Å². The SMILES string of the molecule is O=C(Nc1sc2ccccc2c(=O)c1-c1cccs1)c1ccco1. The number of fused-ring (bicyclic) bond motifs is 1. The van der Waals surface area contributed by atoms with Gasteiger partial charge in [-0.3, -0.25) is 9.59 Å². The molecule has 0 aliphatic rings. The standard InChI is InChI=1S/C18H11NO3S2/c20-16-11-5-1-2-7-13(11)24-18(15(16)14-8-4-10-23-14)19-17(21)12-6-3-9-22-12/h1-10H,(H,19,21). The summed E-state index contributed by atoms with van der Waals surface area (Å²) in [6.45, 7) is 0. The van der Waals surface area contributed by atoms with Gasteiger partial charge in [0.05, 0.1) is 11.8 Å². The number of anilines is 1. The van der Waals surface area contributed by atoms with Gasteiger partial charge in [-0.2, -0.15) is 0 Å². The summed E-state index contributed by atoms with van der Waals surface area (Å²) < 4.78 is 5.96. The fourth-order valence-corrected chi connectivity index (χ4v) is 4.37.